The molecule has 5 aromatic heterocycles. The van der Waals surface area contributed by atoms with Crippen LogP contribution in [0, 0.1) is 0 Å². The van der Waals surface area contributed by atoms with Gasteiger partial charge < -0.3 is 5.32 Å². The molecule has 7 aromatic rings. The lowest BCUT2D eigenvalue weighted by Gasteiger charge is -2.06. The molecule has 0 aliphatic carbocycles. The number of aryl methyl sites for hydroxylation is 4. The van der Waals surface area contributed by atoms with Crippen molar-refractivity contribution in [3.8, 4) is 0 Å². The number of aromatic nitrogens is 7. The number of hydrogen-bond donors (Lipinski definition) is 1. The summed E-state index contributed by atoms with van der Waals surface area (Å²) in [4.78, 5) is 36.6. The van der Waals surface area contributed by atoms with E-state index in [0.717, 1.165) is 67.8 Å². The highest BCUT2D eigenvalue weighted by molar-refractivity contribution is 7.18. The summed E-state index contributed by atoms with van der Waals surface area (Å²) in [5.41, 5.74) is 6.37. The molecule has 222 valence electrons. The third-order valence-corrected chi connectivity index (χ3v) is 9.46. The average molecular weight is 648 g/mol. The van der Waals surface area contributed by atoms with Crippen LogP contribution < -0.4 is 5.32 Å². The van der Waals surface area contributed by atoms with Gasteiger partial charge in [-0.3, -0.25) is 4.99 Å². The SMILES string of the molecule is C1=NCc2cnc(Nc3ncnc4sc(CCc5ccccc5)nc34)cc21.Clc1ncnc2sc(CCc3ccccc3)nc12. The van der Waals surface area contributed by atoms with E-state index in [0.29, 0.717) is 23.0 Å². The number of aliphatic imine (C=N–C) groups is 1. The molecule has 0 amide bonds. The Morgan fingerprint density at radius 3 is 1.98 bits per heavy atom. The lowest BCUT2D eigenvalue weighted by atomic mass is 10.1. The largest absolute Gasteiger partial charge is 0.323 e. The van der Waals surface area contributed by atoms with E-state index in [9.17, 15) is 0 Å². The third kappa shape index (κ3) is 7.01. The molecule has 0 fully saturated rings. The van der Waals surface area contributed by atoms with Crippen LogP contribution in [0.1, 0.15) is 32.3 Å². The predicted molar refractivity (Wildman–Crippen MR) is 182 cm³/mol. The molecule has 1 aliphatic rings. The van der Waals surface area contributed by atoms with Crippen molar-refractivity contribution in [2.24, 2.45) is 4.99 Å². The van der Waals surface area contributed by atoms with Gasteiger partial charge in [0, 0.05) is 36.4 Å². The van der Waals surface area contributed by atoms with Crippen LogP contribution in [0.5, 0.6) is 0 Å². The molecule has 6 heterocycles. The van der Waals surface area contributed by atoms with Gasteiger partial charge in [-0.1, -0.05) is 94.9 Å². The zero-order valence-electron chi connectivity index (χ0n) is 24.0. The van der Waals surface area contributed by atoms with E-state index in [-0.39, 0.29) is 0 Å². The van der Waals surface area contributed by atoms with E-state index in [2.05, 4.69) is 88.7 Å². The van der Waals surface area contributed by atoms with E-state index in [1.54, 1.807) is 29.0 Å². The Kier molecular flexibility index (Phi) is 8.72. The predicted octanol–water partition coefficient (Wildman–Crippen LogP) is 7.47. The minimum atomic E-state index is 0.433. The van der Waals surface area contributed by atoms with Crippen LogP contribution in [0.4, 0.5) is 11.6 Å². The molecule has 1 aliphatic heterocycles. The Hall–Kier alpha value is -4.71. The molecular formula is C33H26ClN9S2. The van der Waals surface area contributed by atoms with Crippen LogP contribution in [-0.2, 0) is 32.2 Å². The molecule has 2 aromatic carbocycles. The van der Waals surface area contributed by atoms with E-state index in [4.69, 9.17) is 16.6 Å². The number of anilines is 2. The summed E-state index contributed by atoms with van der Waals surface area (Å²) in [7, 11) is 0. The van der Waals surface area contributed by atoms with Crippen LogP contribution in [0.3, 0.4) is 0 Å². The van der Waals surface area contributed by atoms with Crippen LogP contribution in [0.25, 0.3) is 20.7 Å². The molecule has 8 rings (SSSR count). The van der Waals surface area contributed by atoms with Gasteiger partial charge in [0.25, 0.3) is 0 Å². The summed E-state index contributed by atoms with van der Waals surface area (Å²) in [6, 6.07) is 22.8. The fourth-order valence-corrected chi connectivity index (χ4v) is 6.89. The first-order chi connectivity index (χ1) is 22.2. The number of rotatable bonds is 8. The van der Waals surface area contributed by atoms with Crippen molar-refractivity contribution in [2.45, 2.75) is 32.2 Å². The Balaban J connectivity index is 0.000000157. The van der Waals surface area contributed by atoms with Crippen molar-refractivity contribution in [2.75, 3.05) is 5.32 Å². The second-order valence-electron chi connectivity index (χ2n) is 10.2. The number of thiazole rings is 2. The Bertz CT molecular complexity index is 2100. The lowest BCUT2D eigenvalue weighted by Crippen LogP contribution is -1.99. The van der Waals surface area contributed by atoms with Gasteiger partial charge in [0.05, 0.1) is 16.6 Å². The van der Waals surface area contributed by atoms with Gasteiger partial charge in [0.15, 0.2) is 11.0 Å². The minimum Gasteiger partial charge on any atom is -0.323 e. The number of nitrogens with zero attached hydrogens (tertiary/aromatic N) is 8. The van der Waals surface area contributed by atoms with Crippen LogP contribution in [0.15, 0.2) is 90.6 Å². The van der Waals surface area contributed by atoms with E-state index >= 15 is 0 Å². The molecule has 0 saturated carbocycles. The second kappa shape index (κ2) is 13.5. The fraction of sp³-hybridized carbons (Fsp3) is 0.152. The van der Waals surface area contributed by atoms with Gasteiger partial charge in [-0.2, -0.15) is 0 Å². The number of nitrogens with one attached hydrogen (secondary N) is 1. The lowest BCUT2D eigenvalue weighted by molar-refractivity contribution is 0.948. The highest BCUT2D eigenvalue weighted by Gasteiger charge is 2.14. The molecule has 1 N–H and O–H groups in total. The number of benzene rings is 2. The van der Waals surface area contributed by atoms with Crippen molar-refractivity contribution in [3.05, 3.63) is 123 Å². The molecule has 0 saturated heterocycles. The molecule has 12 heteroatoms. The van der Waals surface area contributed by atoms with Gasteiger partial charge in [0.2, 0.25) is 0 Å². The highest BCUT2D eigenvalue weighted by Crippen LogP contribution is 2.28. The van der Waals surface area contributed by atoms with Gasteiger partial charge in [-0.05, 0) is 30.0 Å². The standard InChI is InChI=1S/C20H16N6S.C13H10ClN3S/c1-2-4-13(5-3-1)6-7-17-26-18-19(23-12-24-20(18)27-17)25-16-8-14-9-21-10-15(14)11-22-16;14-12-11-13(16-8-15-12)18-10(17-11)7-6-9-4-2-1-3-5-9/h1-5,8-9,11-12H,6-7,10H2,(H,22,23,24,25);1-5,8H,6-7H2. The molecule has 45 heavy (non-hydrogen) atoms. The van der Waals surface area contributed by atoms with Gasteiger partial charge in [-0.15, -0.1) is 0 Å². The Morgan fingerprint density at radius 1 is 0.689 bits per heavy atom. The maximum Gasteiger partial charge on any atom is 0.162 e. The van der Waals surface area contributed by atoms with Crippen LogP contribution in [0.2, 0.25) is 5.15 Å². The minimum absolute atomic E-state index is 0.433. The molecule has 0 bridgehead atoms. The molecule has 9 nitrogen and oxygen atoms in total. The summed E-state index contributed by atoms with van der Waals surface area (Å²) in [5, 5.41) is 5.83. The first-order valence-electron chi connectivity index (χ1n) is 14.4. The third-order valence-electron chi connectivity index (χ3n) is 7.14. The van der Waals surface area contributed by atoms with Gasteiger partial charge in [-0.25, -0.2) is 34.9 Å². The van der Waals surface area contributed by atoms with Crippen molar-refractivity contribution < 1.29 is 0 Å². The van der Waals surface area contributed by atoms with Crippen molar-refractivity contribution in [3.63, 3.8) is 0 Å². The molecular weight excluding hydrogens is 622 g/mol. The molecule has 0 unspecified atom stereocenters. The monoisotopic (exact) mass is 647 g/mol. The molecule has 0 radical (unpaired) electrons. The quantitative estimate of drug-likeness (QED) is 0.169. The maximum atomic E-state index is 5.98. The summed E-state index contributed by atoms with van der Waals surface area (Å²) < 4.78 is 0. The number of halogens is 1. The van der Waals surface area contributed by atoms with Crippen molar-refractivity contribution in [1.29, 1.82) is 0 Å². The van der Waals surface area contributed by atoms with Crippen LogP contribution >= 0.6 is 34.3 Å². The van der Waals surface area contributed by atoms with Gasteiger partial charge in [0.1, 0.15) is 39.2 Å². The zero-order valence-corrected chi connectivity index (χ0v) is 26.4. The summed E-state index contributed by atoms with van der Waals surface area (Å²) in [6.45, 7) is 0.706. The topological polar surface area (TPSA) is 115 Å². The Morgan fingerprint density at radius 2 is 1.31 bits per heavy atom. The summed E-state index contributed by atoms with van der Waals surface area (Å²) in [6.07, 6.45) is 10.5. The molecule has 0 spiro atoms. The number of fused-ring (bicyclic) bond motifs is 3. The first kappa shape index (κ1) is 29.0. The normalized spacial score (nSPS) is 11.8. The maximum absolute atomic E-state index is 5.98. The number of hydrogen-bond acceptors (Lipinski definition) is 11. The number of pyridine rings is 1. The van der Waals surface area contributed by atoms with E-state index < -0.39 is 0 Å². The highest BCUT2D eigenvalue weighted by atomic mass is 35.5. The van der Waals surface area contributed by atoms with Gasteiger partial charge >= 0.3 is 0 Å². The van der Waals surface area contributed by atoms with Crippen LogP contribution in [-0.4, -0.2) is 41.1 Å². The smallest absolute Gasteiger partial charge is 0.162 e. The zero-order chi connectivity index (χ0) is 30.4. The summed E-state index contributed by atoms with van der Waals surface area (Å²) >= 11 is 9.18. The van der Waals surface area contributed by atoms with Crippen molar-refractivity contribution >= 4 is 72.8 Å². The average Bonchev–Trinajstić information content (AvgIpc) is 3.83. The van der Waals surface area contributed by atoms with Crippen molar-refractivity contribution in [1.82, 2.24) is 34.9 Å². The second-order valence-corrected chi connectivity index (χ2v) is 12.7. The molecule has 0 atom stereocenters. The summed E-state index contributed by atoms with van der Waals surface area (Å²) in [5.74, 6) is 1.42. The first-order valence-corrected chi connectivity index (χ1v) is 16.4. The van der Waals surface area contributed by atoms with E-state index in [1.807, 2.05) is 30.6 Å². The fourth-order valence-electron chi connectivity index (χ4n) is 4.85. The van der Waals surface area contributed by atoms with E-state index in [1.165, 1.54) is 17.5 Å². The Labute approximate surface area is 272 Å².